The maximum absolute atomic E-state index is 13.6. The van der Waals surface area contributed by atoms with E-state index in [9.17, 15) is 17.2 Å². The van der Waals surface area contributed by atoms with Crippen molar-refractivity contribution in [1.29, 1.82) is 0 Å². The Morgan fingerprint density at radius 2 is 1.86 bits per heavy atom. The SMILES string of the molecule is Cc1cc(Oc2cc(Br)cc(F)c2F)ccc1S(N)(=O)=O. The summed E-state index contributed by atoms with van der Waals surface area (Å²) >= 11 is 3.03. The summed E-state index contributed by atoms with van der Waals surface area (Å²) < 4.78 is 55.0. The van der Waals surface area contributed by atoms with Gasteiger partial charge in [0.25, 0.3) is 0 Å². The van der Waals surface area contributed by atoms with Crippen LogP contribution in [-0.2, 0) is 10.0 Å². The number of sulfonamides is 1. The molecule has 0 amide bonds. The lowest BCUT2D eigenvalue weighted by atomic mass is 10.2. The molecule has 0 fully saturated rings. The molecule has 0 aliphatic carbocycles. The van der Waals surface area contributed by atoms with Crippen molar-refractivity contribution in [3.05, 3.63) is 52.0 Å². The van der Waals surface area contributed by atoms with Crippen LogP contribution in [0.25, 0.3) is 0 Å². The molecule has 21 heavy (non-hydrogen) atoms. The van der Waals surface area contributed by atoms with Gasteiger partial charge in [-0.15, -0.1) is 0 Å². The zero-order chi connectivity index (χ0) is 15.8. The molecule has 0 heterocycles. The standard InChI is InChI=1S/C13H10BrF2NO3S/c1-7-4-9(2-3-12(7)21(17,18)19)20-11-6-8(14)5-10(15)13(11)16/h2-6H,1H3,(H2,17,18,19). The van der Waals surface area contributed by atoms with E-state index in [0.717, 1.165) is 6.07 Å². The first kappa shape index (κ1) is 15.9. The van der Waals surface area contributed by atoms with Crippen LogP contribution in [0.3, 0.4) is 0 Å². The molecule has 0 radical (unpaired) electrons. The first-order valence-corrected chi connectivity index (χ1v) is 7.98. The quantitative estimate of drug-likeness (QED) is 0.832. The van der Waals surface area contributed by atoms with E-state index in [-0.39, 0.29) is 16.4 Å². The summed E-state index contributed by atoms with van der Waals surface area (Å²) in [6.07, 6.45) is 0. The molecule has 2 N–H and O–H groups in total. The second kappa shape index (κ2) is 5.70. The van der Waals surface area contributed by atoms with E-state index in [2.05, 4.69) is 15.9 Å². The van der Waals surface area contributed by atoms with Gasteiger partial charge in [0.05, 0.1) is 4.90 Å². The number of nitrogens with two attached hydrogens (primary N) is 1. The molecule has 0 aromatic heterocycles. The van der Waals surface area contributed by atoms with E-state index in [0.29, 0.717) is 10.0 Å². The third-order valence-corrected chi connectivity index (χ3v) is 4.17. The first-order chi connectivity index (χ1) is 9.68. The summed E-state index contributed by atoms with van der Waals surface area (Å²) in [7, 11) is -3.84. The fourth-order valence-corrected chi connectivity index (χ4v) is 2.91. The molecule has 0 bridgehead atoms. The average Bonchev–Trinajstić information content (AvgIpc) is 2.33. The Bertz CT molecular complexity index is 809. The third-order valence-electron chi connectivity index (χ3n) is 2.64. The molecular formula is C13H10BrF2NO3S. The Balaban J connectivity index is 2.40. The van der Waals surface area contributed by atoms with Gasteiger partial charge in [0, 0.05) is 4.47 Å². The molecule has 4 nitrogen and oxygen atoms in total. The van der Waals surface area contributed by atoms with E-state index in [4.69, 9.17) is 9.88 Å². The number of aryl methyl sites for hydroxylation is 1. The minimum atomic E-state index is -3.84. The van der Waals surface area contributed by atoms with Crippen molar-refractivity contribution < 1.29 is 21.9 Å². The summed E-state index contributed by atoms with van der Waals surface area (Å²) in [5.41, 5.74) is 0.339. The lowest BCUT2D eigenvalue weighted by molar-refractivity contribution is 0.415. The van der Waals surface area contributed by atoms with E-state index < -0.39 is 21.7 Å². The van der Waals surface area contributed by atoms with Gasteiger partial charge in [0.2, 0.25) is 15.8 Å². The van der Waals surface area contributed by atoms with Gasteiger partial charge in [-0.3, -0.25) is 0 Å². The summed E-state index contributed by atoms with van der Waals surface area (Å²) in [4.78, 5) is -0.0595. The smallest absolute Gasteiger partial charge is 0.238 e. The Labute approximate surface area is 128 Å². The number of benzene rings is 2. The van der Waals surface area contributed by atoms with Crippen LogP contribution in [0.5, 0.6) is 11.5 Å². The second-order valence-electron chi connectivity index (χ2n) is 4.27. The largest absolute Gasteiger partial charge is 0.454 e. The second-order valence-corrected chi connectivity index (χ2v) is 6.72. The normalized spacial score (nSPS) is 11.5. The van der Waals surface area contributed by atoms with Crippen LogP contribution in [0.2, 0.25) is 0 Å². The fraction of sp³-hybridized carbons (Fsp3) is 0.0769. The minimum absolute atomic E-state index is 0.0595. The highest BCUT2D eigenvalue weighted by Gasteiger charge is 2.15. The van der Waals surface area contributed by atoms with Gasteiger partial charge < -0.3 is 4.74 Å². The van der Waals surface area contributed by atoms with Crippen molar-refractivity contribution in [2.45, 2.75) is 11.8 Å². The van der Waals surface area contributed by atoms with Gasteiger partial charge in [-0.1, -0.05) is 15.9 Å². The molecule has 112 valence electrons. The lowest BCUT2D eigenvalue weighted by Gasteiger charge is -2.10. The van der Waals surface area contributed by atoms with Crippen molar-refractivity contribution in [2.24, 2.45) is 5.14 Å². The summed E-state index contributed by atoms with van der Waals surface area (Å²) in [5, 5.41) is 5.04. The molecule has 0 saturated heterocycles. The maximum atomic E-state index is 13.6. The Kier molecular flexibility index (Phi) is 4.31. The number of rotatable bonds is 3. The van der Waals surface area contributed by atoms with Crippen LogP contribution < -0.4 is 9.88 Å². The van der Waals surface area contributed by atoms with E-state index in [1.165, 1.54) is 31.2 Å². The maximum Gasteiger partial charge on any atom is 0.238 e. The molecule has 0 saturated carbocycles. The average molecular weight is 378 g/mol. The molecule has 0 spiro atoms. The van der Waals surface area contributed by atoms with E-state index in [1.807, 2.05) is 0 Å². The van der Waals surface area contributed by atoms with Crippen molar-refractivity contribution in [2.75, 3.05) is 0 Å². The van der Waals surface area contributed by atoms with Crippen LogP contribution in [-0.4, -0.2) is 8.42 Å². The van der Waals surface area contributed by atoms with Crippen LogP contribution in [0.4, 0.5) is 8.78 Å². The highest BCUT2D eigenvalue weighted by Crippen LogP contribution is 2.30. The predicted molar refractivity (Wildman–Crippen MR) is 76.7 cm³/mol. The van der Waals surface area contributed by atoms with Gasteiger partial charge in [-0.25, -0.2) is 17.9 Å². The summed E-state index contributed by atoms with van der Waals surface area (Å²) in [6.45, 7) is 1.52. The molecule has 0 aliphatic heterocycles. The number of hydrogen-bond donors (Lipinski definition) is 1. The molecule has 8 heteroatoms. The molecule has 0 unspecified atom stereocenters. The Morgan fingerprint density at radius 3 is 2.43 bits per heavy atom. The molecular weight excluding hydrogens is 368 g/mol. The van der Waals surface area contributed by atoms with Crippen molar-refractivity contribution >= 4 is 26.0 Å². The molecule has 2 aromatic carbocycles. The van der Waals surface area contributed by atoms with Crippen molar-refractivity contribution in [1.82, 2.24) is 0 Å². The number of hydrogen-bond acceptors (Lipinski definition) is 3. The molecule has 0 atom stereocenters. The Morgan fingerprint density at radius 1 is 1.19 bits per heavy atom. The highest BCUT2D eigenvalue weighted by atomic mass is 79.9. The van der Waals surface area contributed by atoms with Gasteiger partial charge >= 0.3 is 0 Å². The zero-order valence-corrected chi connectivity index (χ0v) is 13.1. The van der Waals surface area contributed by atoms with Crippen LogP contribution in [0, 0.1) is 18.6 Å². The van der Waals surface area contributed by atoms with Crippen LogP contribution >= 0.6 is 15.9 Å². The number of halogens is 3. The van der Waals surface area contributed by atoms with Crippen molar-refractivity contribution in [3.63, 3.8) is 0 Å². The highest BCUT2D eigenvalue weighted by molar-refractivity contribution is 9.10. The van der Waals surface area contributed by atoms with E-state index in [1.54, 1.807) is 0 Å². The summed E-state index contributed by atoms with van der Waals surface area (Å²) in [5.74, 6) is -2.34. The minimum Gasteiger partial charge on any atom is -0.454 e. The lowest BCUT2D eigenvalue weighted by Crippen LogP contribution is -2.13. The molecule has 0 aliphatic rings. The summed E-state index contributed by atoms with van der Waals surface area (Å²) in [6, 6.07) is 6.16. The molecule has 2 aromatic rings. The third kappa shape index (κ3) is 3.58. The first-order valence-electron chi connectivity index (χ1n) is 5.64. The van der Waals surface area contributed by atoms with Crippen LogP contribution in [0.15, 0.2) is 39.7 Å². The monoisotopic (exact) mass is 377 g/mol. The Hall–Kier alpha value is -1.51. The van der Waals surface area contributed by atoms with Crippen molar-refractivity contribution in [3.8, 4) is 11.5 Å². The van der Waals surface area contributed by atoms with E-state index >= 15 is 0 Å². The molecule has 2 rings (SSSR count). The fourth-order valence-electron chi connectivity index (χ4n) is 1.74. The predicted octanol–water partition coefficient (Wildman–Crippen LogP) is 3.48. The van der Waals surface area contributed by atoms with Gasteiger partial charge in [0.15, 0.2) is 11.6 Å². The number of ether oxygens (including phenoxy) is 1. The zero-order valence-electron chi connectivity index (χ0n) is 10.7. The van der Waals surface area contributed by atoms with Crippen LogP contribution in [0.1, 0.15) is 5.56 Å². The van der Waals surface area contributed by atoms with Gasteiger partial charge in [-0.2, -0.15) is 4.39 Å². The van der Waals surface area contributed by atoms with Gasteiger partial charge in [-0.05, 0) is 42.8 Å². The number of primary sulfonamides is 1. The van der Waals surface area contributed by atoms with Gasteiger partial charge in [0.1, 0.15) is 5.75 Å². The topological polar surface area (TPSA) is 69.4 Å².